The van der Waals surface area contributed by atoms with Gasteiger partial charge >= 0.3 is 0 Å². The number of hydrogen-bond acceptors (Lipinski definition) is 3. The zero-order valence-electron chi connectivity index (χ0n) is 8.86. The molecule has 2 N–H and O–H groups in total. The van der Waals surface area contributed by atoms with Crippen LogP contribution in [0.1, 0.15) is 31.2 Å². The first kappa shape index (κ1) is 11.7. The lowest BCUT2D eigenvalue weighted by molar-refractivity contribution is 0.170. The van der Waals surface area contributed by atoms with Crippen molar-refractivity contribution in [1.29, 1.82) is 0 Å². The van der Waals surface area contributed by atoms with Crippen molar-refractivity contribution in [2.75, 3.05) is 13.1 Å². The van der Waals surface area contributed by atoms with Crippen molar-refractivity contribution >= 4 is 11.3 Å². The van der Waals surface area contributed by atoms with Crippen molar-refractivity contribution in [3.05, 3.63) is 22.4 Å². The van der Waals surface area contributed by atoms with Crippen molar-refractivity contribution in [3.63, 3.8) is 0 Å². The van der Waals surface area contributed by atoms with Crippen LogP contribution in [0.4, 0.5) is 0 Å². The first-order chi connectivity index (χ1) is 6.70. The molecule has 0 saturated heterocycles. The molecule has 80 valence electrons. The second-order valence-corrected chi connectivity index (χ2v) is 4.90. The highest BCUT2D eigenvalue weighted by atomic mass is 32.1. The number of rotatable bonds is 6. The smallest absolute Gasteiger partial charge is 0.0894 e. The molecule has 1 aromatic rings. The van der Waals surface area contributed by atoms with Gasteiger partial charge in [0, 0.05) is 4.88 Å². The Morgan fingerprint density at radius 2 is 2.29 bits per heavy atom. The third kappa shape index (κ3) is 4.22. The molecule has 1 rings (SSSR count). The van der Waals surface area contributed by atoms with Gasteiger partial charge in [-0.25, -0.2) is 0 Å². The third-order valence-corrected chi connectivity index (χ3v) is 2.99. The van der Waals surface area contributed by atoms with Crippen molar-refractivity contribution < 1.29 is 5.11 Å². The number of nitrogens with one attached hydrogen (secondary N) is 1. The minimum Gasteiger partial charge on any atom is -0.388 e. The molecule has 0 spiro atoms. The van der Waals surface area contributed by atoms with Crippen LogP contribution in [0.2, 0.25) is 0 Å². The molecule has 0 bridgehead atoms. The maximum atomic E-state index is 9.75. The van der Waals surface area contributed by atoms with E-state index in [9.17, 15) is 5.11 Å². The molecular weight excluding hydrogens is 194 g/mol. The quantitative estimate of drug-likeness (QED) is 0.711. The molecule has 0 aliphatic carbocycles. The standard InChI is InChI=1S/C11H19NOS/c1-9(2)8-12-6-5-10(13)11-4-3-7-14-11/h3-4,7,9-10,12-13H,5-6,8H2,1-2H3. The molecule has 2 nitrogen and oxygen atoms in total. The zero-order valence-corrected chi connectivity index (χ0v) is 9.68. The van der Waals surface area contributed by atoms with E-state index in [1.807, 2.05) is 17.5 Å². The van der Waals surface area contributed by atoms with Gasteiger partial charge in [-0.1, -0.05) is 19.9 Å². The van der Waals surface area contributed by atoms with E-state index in [-0.39, 0.29) is 6.10 Å². The van der Waals surface area contributed by atoms with Crippen LogP contribution in [0.25, 0.3) is 0 Å². The molecule has 1 unspecified atom stereocenters. The van der Waals surface area contributed by atoms with Crippen molar-refractivity contribution in [2.24, 2.45) is 5.92 Å². The van der Waals surface area contributed by atoms with E-state index in [1.54, 1.807) is 11.3 Å². The van der Waals surface area contributed by atoms with Gasteiger partial charge in [0.15, 0.2) is 0 Å². The molecule has 0 aromatic carbocycles. The summed E-state index contributed by atoms with van der Waals surface area (Å²) in [5.74, 6) is 0.675. The van der Waals surface area contributed by atoms with Gasteiger partial charge in [-0.05, 0) is 36.9 Å². The summed E-state index contributed by atoms with van der Waals surface area (Å²) in [7, 11) is 0. The average Bonchev–Trinajstić information content (AvgIpc) is 2.64. The van der Waals surface area contributed by atoms with Gasteiger partial charge in [-0.3, -0.25) is 0 Å². The van der Waals surface area contributed by atoms with Crippen LogP contribution in [-0.2, 0) is 0 Å². The average molecular weight is 213 g/mol. The molecule has 0 aliphatic heterocycles. The topological polar surface area (TPSA) is 32.3 Å². The summed E-state index contributed by atoms with van der Waals surface area (Å²) in [5, 5.41) is 15.1. The van der Waals surface area contributed by atoms with E-state index >= 15 is 0 Å². The Morgan fingerprint density at radius 3 is 2.86 bits per heavy atom. The van der Waals surface area contributed by atoms with E-state index in [1.165, 1.54) is 0 Å². The van der Waals surface area contributed by atoms with Gasteiger partial charge in [0.2, 0.25) is 0 Å². The summed E-state index contributed by atoms with van der Waals surface area (Å²) in [5.41, 5.74) is 0. The maximum absolute atomic E-state index is 9.75. The molecule has 14 heavy (non-hydrogen) atoms. The summed E-state index contributed by atoms with van der Waals surface area (Å²) in [6.45, 7) is 6.28. The predicted molar refractivity (Wildman–Crippen MR) is 61.6 cm³/mol. The predicted octanol–water partition coefficient (Wildman–Crippen LogP) is 2.42. The Labute approximate surface area is 90.0 Å². The van der Waals surface area contributed by atoms with Gasteiger partial charge in [-0.2, -0.15) is 0 Å². The highest BCUT2D eigenvalue weighted by Gasteiger charge is 2.07. The minimum atomic E-state index is -0.297. The summed E-state index contributed by atoms with van der Waals surface area (Å²) in [6.07, 6.45) is 0.502. The Bertz CT molecular complexity index is 233. The number of hydrogen-bond donors (Lipinski definition) is 2. The lowest BCUT2D eigenvalue weighted by Crippen LogP contribution is -2.22. The van der Waals surface area contributed by atoms with Gasteiger partial charge in [0.05, 0.1) is 6.10 Å². The number of aliphatic hydroxyl groups is 1. The molecule has 0 aliphatic rings. The van der Waals surface area contributed by atoms with E-state index in [0.717, 1.165) is 24.4 Å². The van der Waals surface area contributed by atoms with Crippen LogP contribution < -0.4 is 5.32 Å². The molecule has 1 aromatic heterocycles. The fraction of sp³-hybridized carbons (Fsp3) is 0.636. The third-order valence-electron chi connectivity index (χ3n) is 2.02. The SMILES string of the molecule is CC(C)CNCCC(O)c1cccs1. The Hall–Kier alpha value is -0.380. The second kappa shape index (κ2) is 6.17. The Morgan fingerprint density at radius 1 is 1.50 bits per heavy atom. The largest absolute Gasteiger partial charge is 0.388 e. The first-order valence-corrected chi connectivity index (χ1v) is 6.00. The highest BCUT2D eigenvalue weighted by molar-refractivity contribution is 7.10. The lowest BCUT2D eigenvalue weighted by atomic mass is 10.2. The van der Waals surface area contributed by atoms with Crippen molar-refractivity contribution in [1.82, 2.24) is 5.32 Å². The summed E-state index contributed by atoms with van der Waals surface area (Å²) < 4.78 is 0. The van der Waals surface area contributed by atoms with Gasteiger partial charge in [0.25, 0.3) is 0 Å². The normalized spacial score (nSPS) is 13.4. The first-order valence-electron chi connectivity index (χ1n) is 5.12. The fourth-order valence-corrected chi connectivity index (χ4v) is 2.00. The Kier molecular flexibility index (Phi) is 5.15. The fourth-order valence-electron chi connectivity index (χ4n) is 1.25. The monoisotopic (exact) mass is 213 g/mol. The molecular formula is C11H19NOS. The van der Waals surface area contributed by atoms with E-state index in [2.05, 4.69) is 19.2 Å². The van der Waals surface area contributed by atoms with Crippen LogP contribution in [0, 0.1) is 5.92 Å². The molecule has 0 amide bonds. The van der Waals surface area contributed by atoms with Gasteiger partial charge in [0.1, 0.15) is 0 Å². The van der Waals surface area contributed by atoms with Gasteiger partial charge in [-0.15, -0.1) is 11.3 Å². The van der Waals surface area contributed by atoms with Gasteiger partial charge < -0.3 is 10.4 Å². The van der Waals surface area contributed by atoms with Crippen LogP contribution in [0.3, 0.4) is 0 Å². The molecule has 0 saturated carbocycles. The number of thiophene rings is 1. The Balaban J connectivity index is 2.13. The van der Waals surface area contributed by atoms with Crippen molar-refractivity contribution in [3.8, 4) is 0 Å². The number of aliphatic hydroxyl groups excluding tert-OH is 1. The van der Waals surface area contributed by atoms with Crippen LogP contribution in [-0.4, -0.2) is 18.2 Å². The minimum absolute atomic E-state index is 0.297. The molecule has 1 atom stereocenters. The van der Waals surface area contributed by atoms with Crippen LogP contribution in [0.15, 0.2) is 17.5 Å². The van der Waals surface area contributed by atoms with Crippen molar-refractivity contribution in [2.45, 2.75) is 26.4 Å². The van der Waals surface area contributed by atoms with Crippen LogP contribution >= 0.6 is 11.3 Å². The second-order valence-electron chi connectivity index (χ2n) is 3.92. The lowest BCUT2D eigenvalue weighted by Gasteiger charge is -2.10. The van der Waals surface area contributed by atoms with E-state index in [0.29, 0.717) is 5.92 Å². The summed E-state index contributed by atoms with van der Waals surface area (Å²) >= 11 is 1.62. The molecule has 1 heterocycles. The van der Waals surface area contributed by atoms with Crippen LogP contribution in [0.5, 0.6) is 0 Å². The molecule has 0 fully saturated rings. The highest BCUT2D eigenvalue weighted by Crippen LogP contribution is 2.20. The zero-order chi connectivity index (χ0) is 10.4. The van der Waals surface area contributed by atoms with E-state index in [4.69, 9.17) is 0 Å². The summed E-state index contributed by atoms with van der Waals surface area (Å²) in [4.78, 5) is 1.07. The summed E-state index contributed by atoms with van der Waals surface area (Å²) in [6, 6.07) is 3.96. The van der Waals surface area contributed by atoms with E-state index < -0.39 is 0 Å². The molecule has 3 heteroatoms. The molecule has 0 radical (unpaired) electrons. The maximum Gasteiger partial charge on any atom is 0.0894 e.